The number of rotatable bonds is 4. The summed E-state index contributed by atoms with van der Waals surface area (Å²) < 4.78 is 50.3. The fourth-order valence-corrected chi connectivity index (χ4v) is 6.65. The normalized spacial score (nSPS) is 24.8. The maximum atomic E-state index is 12.9. The van der Waals surface area contributed by atoms with Gasteiger partial charge in [-0.25, -0.2) is 16.8 Å². The van der Waals surface area contributed by atoms with Crippen LogP contribution in [-0.4, -0.2) is 56.4 Å². The molecule has 2 rings (SSSR count). The summed E-state index contributed by atoms with van der Waals surface area (Å²) in [6.45, 7) is 5.24. The molecule has 1 saturated heterocycles. The average molecular weight is 347 g/mol. The number of aliphatic hydroxyl groups excluding tert-OH is 1. The molecule has 124 valence electrons. The highest BCUT2D eigenvalue weighted by Gasteiger charge is 2.44. The molecule has 1 aliphatic rings. The minimum Gasteiger partial charge on any atom is -0.390 e. The lowest BCUT2D eigenvalue weighted by atomic mass is 10.2. The second-order valence-electron chi connectivity index (χ2n) is 5.69. The van der Waals surface area contributed by atoms with E-state index in [4.69, 9.17) is 0 Å². The van der Waals surface area contributed by atoms with E-state index in [0.29, 0.717) is 5.56 Å². The second kappa shape index (κ2) is 5.92. The third-order valence-electron chi connectivity index (χ3n) is 3.91. The molecule has 1 aromatic rings. The molecule has 8 heteroatoms. The number of hydrogen-bond acceptors (Lipinski definition) is 5. The summed E-state index contributed by atoms with van der Waals surface area (Å²) in [5, 5.41) is 9.97. The molecule has 2 atom stereocenters. The van der Waals surface area contributed by atoms with E-state index in [1.54, 1.807) is 32.9 Å². The van der Waals surface area contributed by atoms with E-state index in [0.717, 1.165) is 9.87 Å². The van der Waals surface area contributed by atoms with Crippen LogP contribution in [0.5, 0.6) is 0 Å². The molecule has 22 heavy (non-hydrogen) atoms. The highest BCUT2D eigenvalue weighted by molar-refractivity contribution is 7.92. The Kier molecular flexibility index (Phi) is 4.68. The maximum absolute atomic E-state index is 12.9. The Labute approximate surface area is 131 Å². The van der Waals surface area contributed by atoms with Gasteiger partial charge in [-0.1, -0.05) is 19.1 Å². The monoisotopic (exact) mass is 347 g/mol. The largest absolute Gasteiger partial charge is 0.390 e. The van der Waals surface area contributed by atoms with Gasteiger partial charge in [-0.15, -0.1) is 0 Å². The van der Waals surface area contributed by atoms with Crippen molar-refractivity contribution in [2.75, 3.05) is 18.1 Å². The molecule has 1 N–H and O–H groups in total. The highest BCUT2D eigenvalue weighted by atomic mass is 32.2. The number of aliphatic hydroxyl groups is 1. The van der Waals surface area contributed by atoms with E-state index in [9.17, 15) is 21.9 Å². The molecule has 1 aromatic carbocycles. The van der Waals surface area contributed by atoms with Crippen LogP contribution < -0.4 is 0 Å². The molecule has 0 unspecified atom stereocenters. The number of nitrogens with zero attached hydrogens (tertiary/aromatic N) is 1. The second-order valence-corrected chi connectivity index (χ2v) is 9.70. The quantitative estimate of drug-likeness (QED) is 0.855. The third-order valence-corrected chi connectivity index (χ3v) is 7.75. The zero-order chi connectivity index (χ0) is 16.7. The van der Waals surface area contributed by atoms with Crippen LogP contribution in [0, 0.1) is 13.8 Å². The van der Waals surface area contributed by atoms with E-state index in [1.807, 2.05) is 6.07 Å². The van der Waals surface area contributed by atoms with Crippen LogP contribution in [0.3, 0.4) is 0 Å². The lowest BCUT2D eigenvalue weighted by molar-refractivity contribution is 0.130. The fourth-order valence-electron chi connectivity index (χ4n) is 2.78. The predicted molar refractivity (Wildman–Crippen MR) is 83.9 cm³/mol. The third kappa shape index (κ3) is 3.19. The van der Waals surface area contributed by atoms with Gasteiger partial charge >= 0.3 is 0 Å². The SMILES string of the molecule is CCN([C@H]1CS(=O)(=O)C[C@@H]1O)S(=O)(=O)c1cc(C)ccc1C. The molecule has 0 saturated carbocycles. The minimum absolute atomic E-state index is 0.104. The topological polar surface area (TPSA) is 91.8 Å². The summed E-state index contributed by atoms with van der Waals surface area (Å²) in [6, 6.07) is 4.18. The van der Waals surface area contributed by atoms with Gasteiger partial charge in [0, 0.05) is 6.54 Å². The molecule has 1 fully saturated rings. The van der Waals surface area contributed by atoms with Crippen molar-refractivity contribution in [1.82, 2.24) is 4.31 Å². The average Bonchev–Trinajstić information content (AvgIpc) is 2.66. The Balaban J connectivity index is 2.48. The van der Waals surface area contributed by atoms with Crippen molar-refractivity contribution in [3.63, 3.8) is 0 Å². The Morgan fingerprint density at radius 2 is 1.91 bits per heavy atom. The zero-order valence-corrected chi connectivity index (χ0v) is 14.5. The van der Waals surface area contributed by atoms with Crippen molar-refractivity contribution in [1.29, 1.82) is 0 Å². The Hall–Kier alpha value is -0.960. The number of benzene rings is 1. The Morgan fingerprint density at radius 1 is 1.27 bits per heavy atom. The summed E-state index contributed by atoms with van der Waals surface area (Å²) in [7, 11) is -7.28. The van der Waals surface area contributed by atoms with Gasteiger partial charge in [-0.2, -0.15) is 4.31 Å². The molecule has 0 bridgehead atoms. The van der Waals surface area contributed by atoms with Gasteiger partial charge in [0.25, 0.3) is 0 Å². The van der Waals surface area contributed by atoms with E-state index >= 15 is 0 Å². The summed E-state index contributed by atoms with van der Waals surface area (Å²) in [5.41, 5.74) is 1.40. The number of aryl methyl sites for hydroxylation is 2. The van der Waals surface area contributed by atoms with Gasteiger partial charge in [0.2, 0.25) is 10.0 Å². The van der Waals surface area contributed by atoms with Crippen molar-refractivity contribution in [3.8, 4) is 0 Å². The van der Waals surface area contributed by atoms with Crippen molar-refractivity contribution >= 4 is 19.9 Å². The Morgan fingerprint density at radius 3 is 2.41 bits per heavy atom. The molecule has 6 nitrogen and oxygen atoms in total. The summed E-state index contributed by atoms with van der Waals surface area (Å²) in [5.74, 6) is -0.734. The first-order valence-electron chi connectivity index (χ1n) is 7.06. The number of likely N-dealkylation sites (N-methyl/N-ethyl adjacent to an activating group) is 1. The lowest BCUT2D eigenvalue weighted by Crippen LogP contribution is -2.46. The van der Waals surface area contributed by atoms with Gasteiger partial charge in [0.1, 0.15) is 0 Å². The van der Waals surface area contributed by atoms with E-state index in [1.165, 1.54) is 0 Å². The molecule has 1 aliphatic heterocycles. The van der Waals surface area contributed by atoms with Crippen molar-refractivity contribution < 1.29 is 21.9 Å². The standard InChI is InChI=1S/C14H21NO5S2/c1-4-15(12-8-21(17,18)9-13(12)16)22(19,20)14-7-10(2)5-6-11(14)3/h5-7,12-13,16H,4,8-9H2,1-3H3/t12-,13-/m0/s1. The molecule has 0 spiro atoms. The van der Waals surface area contributed by atoms with Gasteiger partial charge in [0.05, 0.1) is 28.5 Å². The predicted octanol–water partition coefficient (Wildman–Crippen LogP) is 0.472. The summed E-state index contributed by atoms with van der Waals surface area (Å²) >= 11 is 0. The van der Waals surface area contributed by atoms with Crippen LogP contribution in [-0.2, 0) is 19.9 Å². The van der Waals surface area contributed by atoms with Crippen LogP contribution in [0.2, 0.25) is 0 Å². The van der Waals surface area contributed by atoms with Crippen molar-refractivity contribution in [3.05, 3.63) is 29.3 Å². The van der Waals surface area contributed by atoms with E-state index in [-0.39, 0.29) is 17.2 Å². The van der Waals surface area contributed by atoms with Crippen LogP contribution >= 0.6 is 0 Å². The molecule has 0 radical (unpaired) electrons. The summed E-state index contributed by atoms with van der Waals surface area (Å²) in [6.07, 6.45) is -1.19. The summed E-state index contributed by atoms with van der Waals surface area (Å²) in [4.78, 5) is 0.158. The van der Waals surface area contributed by atoms with Crippen LogP contribution in [0.15, 0.2) is 23.1 Å². The van der Waals surface area contributed by atoms with Crippen molar-refractivity contribution in [2.24, 2.45) is 0 Å². The Bertz CT molecular complexity index is 770. The van der Waals surface area contributed by atoms with Gasteiger partial charge in [0.15, 0.2) is 9.84 Å². The van der Waals surface area contributed by atoms with E-state index in [2.05, 4.69) is 0 Å². The first kappa shape index (κ1) is 17.4. The number of sulfone groups is 1. The molecule has 1 heterocycles. The molecule has 0 aromatic heterocycles. The smallest absolute Gasteiger partial charge is 0.243 e. The number of sulfonamides is 1. The maximum Gasteiger partial charge on any atom is 0.243 e. The van der Waals surface area contributed by atoms with Gasteiger partial charge < -0.3 is 5.11 Å². The van der Waals surface area contributed by atoms with Crippen LogP contribution in [0.25, 0.3) is 0 Å². The zero-order valence-electron chi connectivity index (χ0n) is 12.9. The number of hydrogen-bond donors (Lipinski definition) is 1. The highest BCUT2D eigenvalue weighted by Crippen LogP contribution is 2.27. The fraction of sp³-hybridized carbons (Fsp3) is 0.571. The first-order valence-corrected chi connectivity index (χ1v) is 10.3. The molecule has 0 amide bonds. The molecular weight excluding hydrogens is 326 g/mol. The molecule has 0 aliphatic carbocycles. The van der Waals surface area contributed by atoms with Crippen molar-refractivity contribution in [2.45, 2.75) is 37.8 Å². The lowest BCUT2D eigenvalue weighted by Gasteiger charge is -2.28. The van der Waals surface area contributed by atoms with Gasteiger partial charge in [-0.05, 0) is 31.0 Å². The van der Waals surface area contributed by atoms with Crippen LogP contribution in [0.4, 0.5) is 0 Å². The van der Waals surface area contributed by atoms with E-state index < -0.39 is 37.8 Å². The van der Waals surface area contributed by atoms with Gasteiger partial charge in [-0.3, -0.25) is 0 Å². The minimum atomic E-state index is -3.86. The first-order chi connectivity index (χ1) is 10.1. The molecular formula is C14H21NO5S2. The van der Waals surface area contributed by atoms with Crippen LogP contribution in [0.1, 0.15) is 18.1 Å².